The molecule has 64 valence electrons. The van der Waals surface area contributed by atoms with Gasteiger partial charge in [-0.25, -0.2) is 0 Å². The topological polar surface area (TPSA) is 12.0 Å². The van der Waals surface area contributed by atoms with Crippen molar-refractivity contribution in [3.8, 4) is 0 Å². The zero-order valence-electron chi connectivity index (χ0n) is 7.39. The predicted molar refractivity (Wildman–Crippen MR) is 56.9 cm³/mol. The van der Waals surface area contributed by atoms with Gasteiger partial charge in [0.25, 0.3) is 0 Å². The van der Waals surface area contributed by atoms with Crippen molar-refractivity contribution in [1.82, 2.24) is 5.32 Å². The van der Waals surface area contributed by atoms with Gasteiger partial charge in [-0.05, 0) is 19.9 Å². The lowest BCUT2D eigenvalue weighted by molar-refractivity contribution is 0.886. The van der Waals surface area contributed by atoms with Gasteiger partial charge in [0.05, 0.1) is 0 Å². The van der Waals surface area contributed by atoms with Gasteiger partial charge >= 0.3 is 0 Å². The molecule has 0 saturated heterocycles. The van der Waals surface area contributed by atoms with Crippen LogP contribution in [0.1, 0.15) is 13.8 Å². The SMILES string of the molecule is C=C1NC(C)=C1/C(S)=C\C=C\C. The fourth-order valence-corrected chi connectivity index (χ4v) is 1.52. The molecule has 0 aromatic carbocycles. The molecule has 0 saturated carbocycles. The van der Waals surface area contributed by atoms with Crippen molar-refractivity contribution in [3.05, 3.63) is 46.7 Å². The lowest BCUT2D eigenvalue weighted by atomic mass is 10.0. The zero-order chi connectivity index (χ0) is 9.14. The molecule has 12 heavy (non-hydrogen) atoms. The third-order valence-corrected chi connectivity index (χ3v) is 2.09. The summed E-state index contributed by atoms with van der Waals surface area (Å²) in [4.78, 5) is 0.967. The number of thiol groups is 1. The zero-order valence-corrected chi connectivity index (χ0v) is 8.28. The predicted octanol–water partition coefficient (Wildman–Crippen LogP) is 2.77. The second kappa shape index (κ2) is 3.68. The van der Waals surface area contributed by atoms with Crippen molar-refractivity contribution in [3.63, 3.8) is 0 Å². The minimum Gasteiger partial charge on any atom is -0.358 e. The molecule has 2 heteroatoms. The largest absolute Gasteiger partial charge is 0.358 e. The van der Waals surface area contributed by atoms with Crippen LogP contribution in [0.2, 0.25) is 0 Å². The Morgan fingerprint density at radius 3 is 2.67 bits per heavy atom. The minimum atomic E-state index is 0.957. The van der Waals surface area contributed by atoms with Crippen LogP contribution < -0.4 is 5.32 Å². The first-order chi connectivity index (χ1) is 5.66. The molecule has 1 heterocycles. The van der Waals surface area contributed by atoms with Crippen molar-refractivity contribution in [1.29, 1.82) is 0 Å². The molecule has 1 aliphatic heterocycles. The molecule has 1 aliphatic rings. The molecule has 1 N–H and O–H groups in total. The Labute approximate surface area is 79.0 Å². The molecule has 0 fully saturated rings. The summed E-state index contributed by atoms with van der Waals surface area (Å²) in [6.07, 6.45) is 5.91. The highest BCUT2D eigenvalue weighted by Crippen LogP contribution is 2.29. The van der Waals surface area contributed by atoms with E-state index in [2.05, 4.69) is 24.5 Å². The van der Waals surface area contributed by atoms with Gasteiger partial charge < -0.3 is 5.32 Å². The molecular formula is C10H13NS. The lowest BCUT2D eigenvalue weighted by Crippen LogP contribution is -2.25. The van der Waals surface area contributed by atoms with Crippen LogP contribution in [-0.2, 0) is 0 Å². The van der Waals surface area contributed by atoms with Gasteiger partial charge in [0.1, 0.15) is 0 Å². The molecule has 0 atom stereocenters. The van der Waals surface area contributed by atoms with E-state index >= 15 is 0 Å². The van der Waals surface area contributed by atoms with Crippen molar-refractivity contribution >= 4 is 12.6 Å². The van der Waals surface area contributed by atoms with Crippen LogP contribution in [0, 0.1) is 0 Å². The molecule has 0 bridgehead atoms. The van der Waals surface area contributed by atoms with Crippen LogP contribution in [0.5, 0.6) is 0 Å². The Morgan fingerprint density at radius 1 is 1.58 bits per heavy atom. The standard InChI is InChI=1S/C10H13NS/c1-4-5-6-9(12)10-7(2)11-8(10)3/h4-6,11-12H,2H2,1,3H3/b5-4+,9-6+. The van der Waals surface area contributed by atoms with Gasteiger partial charge in [-0.3, -0.25) is 0 Å². The number of allylic oxidation sites excluding steroid dienone is 5. The average Bonchev–Trinajstić information content (AvgIpc) is 2.00. The molecule has 0 amide bonds. The molecule has 0 spiro atoms. The first-order valence-corrected chi connectivity index (χ1v) is 4.31. The van der Waals surface area contributed by atoms with E-state index in [1.54, 1.807) is 0 Å². The van der Waals surface area contributed by atoms with E-state index in [1.807, 2.05) is 32.1 Å². The minimum absolute atomic E-state index is 0.957. The van der Waals surface area contributed by atoms with Gasteiger partial charge in [0.2, 0.25) is 0 Å². The summed E-state index contributed by atoms with van der Waals surface area (Å²) in [5.41, 5.74) is 3.24. The van der Waals surface area contributed by atoms with E-state index < -0.39 is 0 Å². The maximum atomic E-state index is 4.36. The molecule has 0 aromatic heterocycles. The smallest absolute Gasteiger partial charge is 0.0411 e. The molecular weight excluding hydrogens is 166 g/mol. The van der Waals surface area contributed by atoms with Crippen LogP contribution in [0.15, 0.2) is 46.7 Å². The number of nitrogens with one attached hydrogen (secondary N) is 1. The highest BCUT2D eigenvalue weighted by Gasteiger charge is 2.18. The van der Waals surface area contributed by atoms with Gasteiger partial charge in [-0.2, -0.15) is 0 Å². The average molecular weight is 179 g/mol. The summed E-state index contributed by atoms with van der Waals surface area (Å²) >= 11 is 4.36. The Morgan fingerprint density at radius 2 is 2.25 bits per heavy atom. The van der Waals surface area contributed by atoms with Crippen molar-refractivity contribution in [2.45, 2.75) is 13.8 Å². The van der Waals surface area contributed by atoms with E-state index in [0.717, 1.165) is 21.9 Å². The fourth-order valence-electron chi connectivity index (χ4n) is 1.13. The molecule has 1 rings (SSSR count). The Balaban J connectivity index is 2.84. The lowest BCUT2D eigenvalue weighted by Gasteiger charge is -2.26. The van der Waals surface area contributed by atoms with E-state index in [9.17, 15) is 0 Å². The van der Waals surface area contributed by atoms with Gasteiger partial charge in [-0.1, -0.05) is 18.7 Å². The van der Waals surface area contributed by atoms with Gasteiger partial charge in [0.15, 0.2) is 0 Å². The van der Waals surface area contributed by atoms with Crippen LogP contribution in [0.25, 0.3) is 0 Å². The second-order valence-corrected chi connectivity index (χ2v) is 3.16. The van der Waals surface area contributed by atoms with Gasteiger partial charge in [-0.15, -0.1) is 12.6 Å². The Bertz CT molecular complexity index is 295. The maximum absolute atomic E-state index is 4.36. The summed E-state index contributed by atoms with van der Waals surface area (Å²) in [5, 5.41) is 3.08. The van der Waals surface area contributed by atoms with Crippen molar-refractivity contribution in [2.75, 3.05) is 0 Å². The fraction of sp³-hybridized carbons (Fsp3) is 0.200. The Hall–Kier alpha value is -0.890. The normalized spacial score (nSPS) is 18.2. The number of hydrogen-bond donors (Lipinski definition) is 2. The maximum Gasteiger partial charge on any atom is 0.0411 e. The number of rotatable bonds is 2. The van der Waals surface area contributed by atoms with Crippen LogP contribution in [-0.4, -0.2) is 0 Å². The summed E-state index contributed by atoms with van der Waals surface area (Å²) in [7, 11) is 0. The molecule has 0 aromatic rings. The highest BCUT2D eigenvalue weighted by atomic mass is 32.1. The summed E-state index contributed by atoms with van der Waals surface area (Å²) in [6, 6.07) is 0. The number of hydrogen-bond acceptors (Lipinski definition) is 2. The molecule has 1 nitrogen and oxygen atoms in total. The molecule has 0 radical (unpaired) electrons. The van der Waals surface area contributed by atoms with E-state index in [4.69, 9.17) is 0 Å². The first kappa shape index (κ1) is 9.20. The molecule has 0 unspecified atom stereocenters. The van der Waals surface area contributed by atoms with E-state index in [-0.39, 0.29) is 0 Å². The molecule has 0 aliphatic carbocycles. The van der Waals surface area contributed by atoms with E-state index in [1.165, 1.54) is 0 Å². The monoisotopic (exact) mass is 179 g/mol. The summed E-state index contributed by atoms with van der Waals surface area (Å²) < 4.78 is 0. The van der Waals surface area contributed by atoms with Crippen LogP contribution in [0.4, 0.5) is 0 Å². The Kier molecular flexibility index (Phi) is 2.82. The van der Waals surface area contributed by atoms with E-state index in [0.29, 0.717) is 0 Å². The third kappa shape index (κ3) is 1.64. The quantitative estimate of drug-likeness (QED) is 0.490. The third-order valence-electron chi connectivity index (χ3n) is 1.72. The highest BCUT2D eigenvalue weighted by molar-refractivity contribution is 7.84. The summed E-state index contributed by atoms with van der Waals surface area (Å²) in [5.74, 6) is 0. The van der Waals surface area contributed by atoms with Gasteiger partial charge in [0, 0.05) is 21.9 Å². The van der Waals surface area contributed by atoms with Crippen molar-refractivity contribution < 1.29 is 0 Å². The second-order valence-electron chi connectivity index (χ2n) is 2.68. The van der Waals surface area contributed by atoms with Crippen LogP contribution >= 0.6 is 12.6 Å². The summed E-state index contributed by atoms with van der Waals surface area (Å²) in [6.45, 7) is 7.84. The first-order valence-electron chi connectivity index (χ1n) is 3.86. The van der Waals surface area contributed by atoms with Crippen LogP contribution in [0.3, 0.4) is 0 Å². The van der Waals surface area contributed by atoms with Crippen molar-refractivity contribution in [2.24, 2.45) is 0 Å².